The lowest BCUT2D eigenvalue weighted by atomic mass is 10.1. The molecule has 0 saturated carbocycles. The van der Waals surface area contributed by atoms with E-state index in [0.717, 1.165) is 32.3 Å². The molecule has 4 rings (SSSR count). The Bertz CT molecular complexity index is 1270. The van der Waals surface area contributed by atoms with Crippen LogP contribution in [-0.4, -0.2) is 40.9 Å². The maximum Gasteiger partial charge on any atom is 0.210 e. The van der Waals surface area contributed by atoms with Gasteiger partial charge in [0.15, 0.2) is 5.78 Å². The van der Waals surface area contributed by atoms with Crippen molar-refractivity contribution < 1.29 is 14.3 Å². The Labute approximate surface area is 198 Å². The van der Waals surface area contributed by atoms with Gasteiger partial charge in [-0.2, -0.15) is 0 Å². The van der Waals surface area contributed by atoms with Crippen LogP contribution in [0.15, 0.2) is 46.2 Å². The zero-order valence-electron chi connectivity index (χ0n) is 18.0. The summed E-state index contributed by atoms with van der Waals surface area (Å²) in [4.78, 5) is 19.8. The minimum atomic E-state index is -0.0959. The second-order valence-electron chi connectivity index (χ2n) is 6.94. The highest BCUT2D eigenvalue weighted by Crippen LogP contribution is 2.38. The van der Waals surface area contributed by atoms with Crippen molar-refractivity contribution in [3.8, 4) is 32.6 Å². The number of aryl methyl sites for hydroxylation is 2. The number of nitrogens with zero attached hydrogens (tertiary/aromatic N) is 3. The number of carbonyl (C=O) groups excluding carboxylic acids is 1. The molecule has 0 saturated heterocycles. The molecule has 0 bridgehead atoms. The number of methoxy groups -OCH3 is 2. The molecule has 0 aliphatic rings. The number of ether oxygens (including phenoxy) is 2. The number of thioether (sulfide) groups is 1. The maximum atomic E-state index is 12.9. The van der Waals surface area contributed by atoms with Gasteiger partial charge in [-0.25, -0.2) is 4.98 Å². The number of thiophene rings is 2. The van der Waals surface area contributed by atoms with Gasteiger partial charge in [0.1, 0.15) is 22.9 Å². The van der Waals surface area contributed by atoms with Gasteiger partial charge >= 0.3 is 0 Å². The fraction of sp³-hybridized carbons (Fsp3) is 0.217. The number of Topliss-reactive ketones (excluding diaryl/α,β-unsaturated/α-hetero) is 1. The molecule has 0 amide bonds. The number of aromatic nitrogens is 3. The van der Waals surface area contributed by atoms with Crippen molar-refractivity contribution in [1.29, 1.82) is 0 Å². The van der Waals surface area contributed by atoms with Crippen LogP contribution in [0.25, 0.3) is 21.1 Å². The maximum absolute atomic E-state index is 12.9. The Balaban J connectivity index is 1.64. The Kier molecular flexibility index (Phi) is 6.88. The first-order valence-corrected chi connectivity index (χ1v) is 12.5. The summed E-state index contributed by atoms with van der Waals surface area (Å²) in [5.74, 6) is 1.17. The Morgan fingerprint density at radius 2 is 1.62 bits per heavy atom. The van der Waals surface area contributed by atoms with E-state index in [2.05, 4.69) is 36.2 Å². The first kappa shape index (κ1) is 22.4. The summed E-state index contributed by atoms with van der Waals surface area (Å²) in [6.45, 7) is 4.12. The van der Waals surface area contributed by atoms with Crippen LogP contribution in [0.3, 0.4) is 0 Å². The number of benzene rings is 1. The molecule has 0 fully saturated rings. The lowest BCUT2D eigenvalue weighted by Gasteiger charge is -2.10. The second-order valence-corrected chi connectivity index (χ2v) is 9.71. The van der Waals surface area contributed by atoms with E-state index in [0.29, 0.717) is 22.2 Å². The van der Waals surface area contributed by atoms with Gasteiger partial charge in [-0.1, -0.05) is 11.8 Å². The number of carbonyl (C=O) groups is 1. The molecule has 0 aliphatic carbocycles. The highest BCUT2D eigenvalue weighted by atomic mass is 32.2. The number of hydrogen-bond acceptors (Lipinski definition) is 9. The third kappa shape index (κ3) is 4.55. The minimum absolute atomic E-state index is 0.0959. The Morgan fingerprint density at radius 3 is 2.22 bits per heavy atom. The highest BCUT2D eigenvalue weighted by Gasteiger charge is 2.20. The topological polar surface area (TPSA) is 74.2 Å². The van der Waals surface area contributed by atoms with Crippen LogP contribution in [0, 0.1) is 13.8 Å². The summed E-state index contributed by atoms with van der Waals surface area (Å²) in [7, 11) is 3.11. The monoisotopic (exact) mass is 483 g/mol. The van der Waals surface area contributed by atoms with Crippen molar-refractivity contribution in [2.45, 2.75) is 19.0 Å². The van der Waals surface area contributed by atoms with Gasteiger partial charge in [-0.15, -0.1) is 32.9 Å². The van der Waals surface area contributed by atoms with E-state index in [-0.39, 0.29) is 11.5 Å². The van der Waals surface area contributed by atoms with Crippen LogP contribution < -0.4 is 9.47 Å². The number of rotatable bonds is 8. The van der Waals surface area contributed by atoms with E-state index < -0.39 is 0 Å². The molecule has 9 heteroatoms. The molecule has 0 unspecified atom stereocenters. The van der Waals surface area contributed by atoms with Crippen molar-refractivity contribution in [3.05, 3.63) is 57.8 Å². The Hall–Kier alpha value is -2.75. The van der Waals surface area contributed by atoms with Gasteiger partial charge < -0.3 is 9.47 Å². The van der Waals surface area contributed by atoms with Crippen LogP contribution in [0.1, 0.15) is 21.5 Å². The highest BCUT2D eigenvalue weighted by molar-refractivity contribution is 7.99. The molecule has 4 aromatic rings. The van der Waals surface area contributed by atoms with Gasteiger partial charge in [0, 0.05) is 0 Å². The van der Waals surface area contributed by atoms with E-state index in [4.69, 9.17) is 14.5 Å². The third-order valence-corrected chi connectivity index (χ3v) is 7.75. The summed E-state index contributed by atoms with van der Waals surface area (Å²) in [5, 5.41) is 13.4. The average molecular weight is 484 g/mol. The van der Waals surface area contributed by atoms with E-state index >= 15 is 0 Å². The zero-order chi connectivity index (χ0) is 22.7. The predicted molar refractivity (Wildman–Crippen MR) is 131 cm³/mol. The molecule has 6 nitrogen and oxygen atoms in total. The van der Waals surface area contributed by atoms with Crippen LogP contribution >= 0.6 is 34.4 Å². The van der Waals surface area contributed by atoms with E-state index in [1.165, 1.54) is 11.8 Å². The molecule has 0 atom stereocenters. The molecular weight excluding hydrogens is 462 g/mol. The fourth-order valence-electron chi connectivity index (χ4n) is 3.15. The number of hydrogen-bond donors (Lipinski definition) is 0. The van der Waals surface area contributed by atoms with Crippen molar-refractivity contribution in [2.24, 2.45) is 0 Å². The average Bonchev–Trinajstić information content (AvgIpc) is 3.44. The summed E-state index contributed by atoms with van der Waals surface area (Å²) in [6, 6.07) is 9.30. The quantitative estimate of drug-likeness (QED) is 0.227. The van der Waals surface area contributed by atoms with Crippen molar-refractivity contribution >= 4 is 40.2 Å². The molecule has 3 heterocycles. The molecule has 0 spiro atoms. The van der Waals surface area contributed by atoms with Crippen molar-refractivity contribution in [1.82, 2.24) is 15.2 Å². The predicted octanol–water partition coefficient (Wildman–Crippen LogP) is 5.94. The van der Waals surface area contributed by atoms with E-state index in [1.54, 1.807) is 55.1 Å². The molecular formula is C23H21N3O3S3. The summed E-state index contributed by atoms with van der Waals surface area (Å²) in [5.41, 5.74) is 4.31. The van der Waals surface area contributed by atoms with Gasteiger partial charge in [0.25, 0.3) is 0 Å². The molecule has 0 aliphatic heterocycles. The normalized spacial score (nSPS) is 10.9. The first-order valence-electron chi connectivity index (χ1n) is 9.73. The van der Waals surface area contributed by atoms with Crippen LogP contribution in [0.2, 0.25) is 0 Å². The van der Waals surface area contributed by atoms with Crippen LogP contribution in [0.5, 0.6) is 11.5 Å². The summed E-state index contributed by atoms with van der Waals surface area (Å²) >= 11 is 4.51. The molecule has 1 aromatic carbocycles. The second kappa shape index (κ2) is 9.81. The molecule has 164 valence electrons. The molecule has 32 heavy (non-hydrogen) atoms. The van der Waals surface area contributed by atoms with Crippen molar-refractivity contribution in [2.75, 3.05) is 20.0 Å². The smallest absolute Gasteiger partial charge is 0.210 e. The van der Waals surface area contributed by atoms with Gasteiger partial charge in [0.2, 0.25) is 5.16 Å². The minimum Gasteiger partial charge on any atom is -0.497 e. The SMILES string of the molecule is COc1ccc(OC)c(C(=O)CSc2nnc(-c3sccc3C)c(-c3sccc3C)n2)c1. The fourth-order valence-corrected chi connectivity index (χ4v) is 5.65. The summed E-state index contributed by atoms with van der Waals surface area (Å²) < 4.78 is 10.6. The molecule has 3 aromatic heterocycles. The third-order valence-electron chi connectivity index (χ3n) is 4.86. The standard InChI is InChI=1S/C23H21N3O3S3/c1-13-7-9-30-21(13)19-20(22-14(2)8-10-31-22)25-26-23(24-19)32-12-17(27)16-11-15(28-3)5-6-18(16)29-4/h5-11H,12H2,1-4H3. The van der Waals surface area contributed by atoms with Crippen molar-refractivity contribution in [3.63, 3.8) is 0 Å². The molecule has 0 N–H and O–H groups in total. The van der Waals surface area contributed by atoms with E-state index in [9.17, 15) is 4.79 Å². The first-order chi connectivity index (χ1) is 15.5. The van der Waals surface area contributed by atoms with Crippen LogP contribution in [-0.2, 0) is 0 Å². The van der Waals surface area contributed by atoms with Gasteiger partial charge in [-0.05, 0) is 66.1 Å². The van der Waals surface area contributed by atoms with Gasteiger partial charge in [0.05, 0.1) is 35.3 Å². The lowest BCUT2D eigenvalue weighted by Crippen LogP contribution is -2.07. The zero-order valence-corrected chi connectivity index (χ0v) is 20.5. The Morgan fingerprint density at radius 1 is 0.938 bits per heavy atom. The molecule has 0 radical (unpaired) electrons. The largest absolute Gasteiger partial charge is 0.497 e. The number of ketones is 1. The van der Waals surface area contributed by atoms with E-state index in [1.807, 2.05) is 10.8 Å². The van der Waals surface area contributed by atoms with Crippen LogP contribution in [0.4, 0.5) is 0 Å². The van der Waals surface area contributed by atoms with Gasteiger partial charge in [-0.3, -0.25) is 4.79 Å². The summed E-state index contributed by atoms with van der Waals surface area (Å²) in [6.07, 6.45) is 0. The lowest BCUT2D eigenvalue weighted by molar-refractivity contribution is 0.101.